The van der Waals surface area contributed by atoms with Gasteiger partial charge in [0.1, 0.15) is 0 Å². The molecular weight excluding hydrogens is 186 g/mol. The number of carbonyl (C=O) groups is 1. The third kappa shape index (κ3) is 1.08. The molecule has 2 nitrogen and oxygen atoms in total. The van der Waals surface area contributed by atoms with E-state index in [0.717, 1.165) is 18.5 Å². The molecule has 0 unspecified atom stereocenters. The van der Waals surface area contributed by atoms with Crippen LogP contribution in [0.5, 0.6) is 0 Å². The fraction of sp³-hybridized carbons (Fsp3) is 0.462. The van der Waals surface area contributed by atoms with Crippen LogP contribution in [0.4, 0.5) is 5.69 Å². The van der Waals surface area contributed by atoms with Gasteiger partial charge in [-0.25, -0.2) is 0 Å². The standard InChI is InChI=1S/C13H15NO/c1-8(2)9-3-4-11-10(7-9)13(5-6-13)12(15)14-11/h3-4,7-8H,5-6H2,1-2H3,(H,14,15). The molecule has 1 spiro atoms. The maximum atomic E-state index is 11.8. The minimum atomic E-state index is -0.139. The third-order valence-electron chi connectivity index (χ3n) is 3.66. The van der Waals surface area contributed by atoms with Gasteiger partial charge >= 0.3 is 0 Å². The number of hydrogen-bond acceptors (Lipinski definition) is 1. The summed E-state index contributed by atoms with van der Waals surface area (Å²) in [6, 6.07) is 6.38. The molecule has 1 amide bonds. The zero-order chi connectivity index (χ0) is 10.6. The van der Waals surface area contributed by atoms with Crippen molar-refractivity contribution in [3.8, 4) is 0 Å². The number of anilines is 1. The van der Waals surface area contributed by atoms with Crippen LogP contribution in [0.3, 0.4) is 0 Å². The number of amides is 1. The van der Waals surface area contributed by atoms with E-state index in [-0.39, 0.29) is 11.3 Å². The first-order chi connectivity index (χ1) is 7.13. The predicted octanol–water partition coefficient (Wildman–Crippen LogP) is 2.79. The molecule has 1 saturated carbocycles. The number of rotatable bonds is 1. The van der Waals surface area contributed by atoms with Crippen molar-refractivity contribution in [3.05, 3.63) is 29.3 Å². The molecule has 1 aliphatic carbocycles. The average molecular weight is 201 g/mol. The van der Waals surface area contributed by atoms with E-state index < -0.39 is 0 Å². The predicted molar refractivity (Wildman–Crippen MR) is 60.1 cm³/mol. The molecule has 15 heavy (non-hydrogen) atoms. The molecule has 3 rings (SSSR count). The van der Waals surface area contributed by atoms with Crippen molar-refractivity contribution in [2.24, 2.45) is 0 Å². The molecule has 1 heterocycles. The second-order valence-electron chi connectivity index (χ2n) is 5.00. The summed E-state index contributed by atoms with van der Waals surface area (Å²) in [7, 11) is 0. The average Bonchev–Trinajstić information content (AvgIpc) is 2.93. The Morgan fingerprint density at radius 3 is 2.67 bits per heavy atom. The second kappa shape index (κ2) is 2.63. The summed E-state index contributed by atoms with van der Waals surface area (Å²) >= 11 is 0. The van der Waals surface area contributed by atoms with E-state index in [9.17, 15) is 4.79 Å². The van der Waals surface area contributed by atoms with Crippen molar-refractivity contribution in [1.82, 2.24) is 0 Å². The van der Waals surface area contributed by atoms with E-state index in [4.69, 9.17) is 0 Å². The summed E-state index contributed by atoms with van der Waals surface area (Å²) in [5, 5.41) is 2.98. The number of benzene rings is 1. The van der Waals surface area contributed by atoms with Gasteiger partial charge in [-0.1, -0.05) is 26.0 Å². The molecule has 0 atom stereocenters. The van der Waals surface area contributed by atoms with Crippen molar-refractivity contribution in [1.29, 1.82) is 0 Å². The van der Waals surface area contributed by atoms with Crippen LogP contribution in [-0.4, -0.2) is 5.91 Å². The van der Waals surface area contributed by atoms with Crippen LogP contribution in [0.15, 0.2) is 18.2 Å². The highest BCUT2D eigenvalue weighted by atomic mass is 16.2. The van der Waals surface area contributed by atoms with Gasteiger partial charge in [0.2, 0.25) is 5.91 Å². The van der Waals surface area contributed by atoms with E-state index in [0.29, 0.717) is 5.92 Å². The Balaban J connectivity index is 2.13. The fourth-order valence-electron chi connectivity index (χ4n) is 2.41. The zero-order valence-corrected chi connectivity index (χ0v) is 9.13. The molecule has 1 aromatic carbocycles. The van der Waals surface area contributed by atoms with Gasteiger partial charge < -0.3 is 5.32 Å². The minimum Gasteiger partial charge on any atom is -0.325 e. The first-order valence-corrected chi connectivity index (χ1v) is 5.59. The van der Waals surface area contributed by atoms with Gasteiger partial charge in [0.15, 0.2) is 0 Å². The summed E-state index contributed by atoms with van der Waals surface area (Å²) in [4.78, 5) is 11.8. The summed E-state index contributed by atoms with van der Waals surface area (Å²) in [5.74, 6) is 0.736. The molecule has 2 aliphatic rings. The first-order valence-electron chi connectivity index (χ1n) is 5.59. The van der Waals surface area contributed by atoms with Crippen molar-refractivity contribution in [2.75, 3.05) is 5.32 Å². The smallest absolute Gasteiger partial charge is 0.235 e. The van der Waals surface area contributed by atoms with Crippen molar-refractivity contribution in [3.63, 3.8) is 0 Å². The van der Waals surface area contributed by atoms with Crippen molar-refractivity contribution >= 4 is 11.6 Å². The minimum absolute atomic E-state index is 0.139. The summed E-state index contributed by atoms with van der Waals surface area (Å²) in [6.45, 7) is 4.37. The van der Waals surface area contributed by atoms with Gasteiger partial charge in [0.05, 0.1) is 5.41 Å². The van der Waals surface area contributed by atoms with Crippen molar-refractivity contribution in [2.45, 2.75) is 38.0 Å². The highest BCUT2D eigenvalue weighted by Crippen LogP contribution is 2.55. The molecule has 0 radical (unpaired) electrons. The van der Waals surface area contributed by atoms with E-state index >= 15 is 0 Å². The lowest BCUT2D eigenvalue weighted by atomic mass is 9.93. The van der Waals surface area contributed by atoms with Crippen LogP contribution in [0.25, 0.3) is 0 Å². The molecular formula is C13H15NO. The summed E-state index contributed by atoms with van der Waals surface area (Å²) < 4.78 is 0. The second-order valence-corrected chi connectivity index (χ2v) is 5.00. The molecule has 0 bridgehead atoms. The topological polar surface area (TPSA) is 29.1 Å². The van der Waals surface area contributed by atoms with Crippen LogP contribution in [0.1, 0.15) is 43.7 Å². The maximum absolute atomic E-state index is 11.8. The van der Waals surface area contributed by atoms with Crippen LogP contribution in [-0.2, 0) is 10.2 Å². The maximum Gasteiger partial charge on any atom is 0.235 e. The number of fused-ring (bicyclic) bond motifs is 2. The van der Waals surface area contributed by atoms with Crippen LogP contribution < -0.4 is 5.32 Å². The number of nitrogens with one attached hydrogen (secondary N) is 1. The Hall–Kier alpha value is -1.31. The summed E-state index contributed by atoms with van der Waals surface area (Å²) in [6.07, 6.45) is 2.04. The number of hydrogen-bond donors (Lipinski definition) is 1. The summed E-state index contributed by atoms with van der Waals surface area (Å²) in [5.41, 5.74) is 3.46. The first kappa shape index (κ1) is 8.96. The lowest BCUT2D eigenvalue weighted by Crippen LogP contribution is -2.18. The molecule has 2 heteroatoms. The Morgan fingerprint density at radius 2 is 2.07 bits per heavy atom. The largest absolute Gasteiger partial charge is 0.325 e. The van der Waals surface area contributed by atoms with E-state index in [1.54, 1.807) is 0 Å². The van der Waals surface area contributed by atoms with Crippen LogP contribution in [0.2, 0.25) is 0 Å². The monoisotopic (exact) mass is 201 g/mol. The Bertz CT molecular complexity index is 444. The van der Waals surface area contributed by atoms with Gasteiger partial charge in [-0.15, -0.1) is 0 Å². The van der Waals surface area contributed by atoms with Gasteiger partial charge in [0, 0.05) is 5.69 Å². The van der Waals surface area contributed by atoms with Gasteiger partial charge in [0.25, 0.3) is 0 Å². The van der Waals surface area contributed by atoms with Crippen molar-refractivity contribution < 1.29 is 4.79 Å². The number of carbonyl (C=O) groups excluding carboxylic acids is 1. The molecule has 1 fully saturated rings. The normalized spacial score (nSPS) is 20.6. The highest BCUT2D eigenvalue weighted by Gasteiger charge is 2.56. The van der Waals surface area contributed by atoms with Gasteiger partial charge in [-0.3, -0.25) is 4.79 Å². The van der Waals surface area contributed by atoms with Crippen LogP contribution >= 0.6 is 0 Å². The molecule has 0 saturated heterocycles. The van der Waals surface area contributed by atoms with E-state index in [2.05, 4.69) is 37.4 Å². The SMILES string of the molecule is CC(C)c1ccc2c(c1)C1(CC1)C(=O)N2. The molecule has 1 N–H and O–H groups in total. The zero-order valence-electron chi connectivity index (χ0n) is 9.13. The van der Waals surface area contributed by atoms with Gasteiger partial charge in [-0.2, -0.15) is 0 Å². The molecule has 78 valence electrons. The lowest BCUT2D eigenvalue weighted by Gasteiger charge is -2.09. The third-order valence-corrected chi connectivity index (χ3v) is 3.66. The lowest BCUT2D eigenvalue weighted by molar-refractivity contribution is -0.117. The van der Waals surface area contributed by atoms with Gasteiger partial charge in [-0.05, 0) is 36.0 Å². The molecule has 1 aromatic rings. The fourth-order valence-corrected chi connectivity index (χ4v) is 2.41. The molecule has 1 aliphatic heterocycles. The molecule has 0 aromatic heterocycles. The van der Waals surface area contributed by atoms with Crippen LogP contribution in [0, 0.1) is 0 Å². The quantitative estimate of drug-likeness (QED) is 0.743. The Kier molecular flexibility index (Phi) is 1.57. The highest BCUT2D eigenvalue weighted by molar-refractivity contribution is 6.08. The van der Waals surface area contributed by atoms with E-state index in [1.807, 2.05) is 0 Å². The Morgan fingerprint density at radius 1 is 1.33 bits per heavy atom. The van der Waals surface area contributed by atoms with E-state index in [1.165, 1.54) is 11.1 Å². The Labute approximate surface area is 89.7 Å².